The zero-order chi connectivity index (χ0) is 17.9. The number of hydrogen-bond acceptors (Lipinski definition) is 6. The second-order valence-corrected chi connectivity index (χ2v) is 5.49. The summed E-state index contributed by atoms with van der Waals surface area (Å²) in [5.41, 5.74) is -2.54. The van der Waals surface area contributed by atoms with Gasteiger partial charge in [0.25, 0.3) is 5.69 Å². The first-order valence-corrected chi connectivity index (χ1v) is 7.29. The van der Waals surface area contributed by atoms with Gasteiger partial charge >= 0.3 is 6.18 Å². The summed E-state index contributed by atoms with van der Waals surface area (Å²) in [4.78, 5) is 21.5. The maximum atomic E-state index is 13.0. The maximum absolute atomic E-state index is 13.0. The number of aromatic nitrogens is 3. The van der Waals surface area contributed by atoms with E-state index < -0.39 is 33.9 Å². The summed E-state index contributed by atoms with van der Waals surface area (Å²) in [6.07, 6.45) is -3.43. The first-order chi connectivity index (χ1) is 11.2. The Kier molecular flexibility index (Phi) is 5.07. The zero-order valence-electron chi connectivity index (χ0n) is 12.1. The minimum absolute atomic E-state index is 0.194. The van der Waals surface area contributed by atoms with Crippen molar-refractivity contribution in [2.45, 2.75) is 11.3 Å². The summed E-state index contributed by atoms with van der Waals surface area (Å²) in [7, 11) is 1.65. The van der Waals surface area contributed by atoms with E-state index >= 15 is 0 Å². The van der Waals surface area contributed by atoms with Crippen LogP contribution in [0.3, 0.4) is 0 Å². The Hall–Kier alpha value is -2.63. The van der Waals surface area contributed by atoms with Gasteiger partial charge in [0.1, 0.15) is 6.33 Å². The molecule has 128 valence electrons. The van der Waals surface area contributed by atoms with E-state index in [-0.39, 0.29) is 5.75 Å². The molecule has 1 amide bonds. The number of hydrogen-bond donors (Lipinski definition) is 1. The lowest BCUT2D eigenvalue weighted by atomic mass is 10.1. The predicted molar refractivity (Wildman–Crippen MR) is 78.5 cm³/mol. The number of anilines is 1. The smallest absolute Gasteiger partial charge is 0.325 e. The summed E-state index contributed by atoms with van der Waals surface area (Å²) < 4.78 is 40.6. The average Bonchev–Trinajstić information content (AvgIpc) is 2.89. The number of alkyl halides is 3. The molecule has 0 unspecified atom stereocenters. The molecule has 1 heterocycles. The van der Waals surface area contributed by atoms with Crippen LogP contribution in [0.4, 0.5) is 24.5 Å². The maximum Gasteiger partial charge on any atom is 0.418 e. The minimum atomic E-state index is -4.84. The van der Waals surface area contributed by atoms with E-state index in [2.05, 4.69) is 15.5 Å². The summed E-state index contributed by atoms with van der Waals surface area (Å²) in [5, 5.41) is 20.5. The predicted octanol–water partition coefficient (Wildman–Crippen LogP) is 2.47. The summed E-state index contributed by atoms with van der Waals surface area (Å²) in [6.45, 7) is 0. The molecule has 0 aliphatic heterocycles. The molecule has 0 fully saturated rings. The van der Waals surface area contributed by atoms with Crippen molar-refractivity contribution in [1.82, 2.24) is 14.8 Å². The van der Waals surface area contributed by atoms with Crippen LogP contribution in [0.5, 0.6) is 0 Å². The van der Waals surface area contributed by atoms with Gasteiger partial charge in [-0.05, 0) is 6.07 Å². The van der Waals surface area contributed by atoms with Crippen LogP contribution in [0.25, 0.3) is 0 Å². The molecule has 0 saturated carbocycles. The standard InChI is InChI=1S/C12H10F3N5O3S/c1-19-6-16-18-11(19)24-5-10(21)17-9-3-2-7(20(22)23)4-8(9)12(13,14)15/h2-4,6H,5H2,1H3,(H,17,21). The number of aryl methyl sites for hydroxylation is 1. The van der Waals surface area contributed by atoms with Crippen LogP contribution in [0, 0.1) is 10.1 Å². The topological polar surface area (TPSA) is 103 Å². The molecular weight excluding hydrogens is 351 g/mol. The molecule has 0 atom stereocenters. The molecule has 2 aromatic rings. The van der Waals surface area contributed by atoms with Gasteiger partial charge in [-0.2, -0.15) is 13.2 Å². The van der Waals surface area contributed by atoms with Crippen LogP contribution in [0.15, 0.2) is 29.7 Å². The SMILES string of the molecule is Cn1cnnc1SCC(=O)Nc1ccc([N+](=O)[O-])cc1C(F)(F)F. The molecule has 1 N–H and O–H groups in total. The lowest BCUT2D eigenvalue weighted by Gasteiger charge is -2.13. The molecule has 8 nitrogen and oxygen atoms in total. The molecule has 0 spiro atoms. The van der Waals surface area contributed by atoms with Crippen LogP contribution in [-0.4, -0.2) is 31.3 Å². The summed E-state index contributed by atoms with van der Waals surface area (Å²) in [5.74, 6) is -0.900. The number of thioether (sulfide) groups is 1. The third-order valence-electron chi connectivity index (χ3n) is 2.80. The van der Waals surface area contributed by atoms with Gasteiger partial charge in [-0.25, -0.2) is 0 Å². The highest BCUT2D eigenvalue weighted by atomic mass is 32.2. The number of nitrogens with zero attached hydrogens (tertiary/aromatic N) is 4. The Labute approximate surface area is 137 Å². The van der Waals surface area contributed by atoms with Crippen molar-refractivity contribution in [2.75, 3.05) is 11.1 Å². The summed E-state index contributed by atoms with van der Waals surface area (Å²) in [6, 6.07) is 2.12. The molecule has 1 aromatic carbocycles. The number of amides is 1. The van der Waals surface area contributed by atoms with Crippen molar-refractivity contribution in [3.63, 3.8) is 0 Å². The molecule has 0 aliphatic carbocycles. The fourth-order valence-electron chi connectivity index (χ4n) is 1.71. The molecular formula is C12H10F3N5O3S. The molecule has 2 rings (SSSR count). The lowest BCUT2D eigenvalue weighted by molar-refractivity contribution is -0.385. The second kappa shape index (κ2) is 6.86. The van der Waals surface area contributed by atoms with Gasteiger partial charge in [0.05, 0.1) is 21.9 Å². The number of rotatable bonds is 5. The van der Waals surface area contributed by atoms with Crippen LogP contribution < -0.4 is 5.32 Å². The molecule has 0 bridgehead atoms. The molecule has 1 aromatic heterocycles. The van der Waals surface area contributed by atoms with E-state index in [1.807, 2.05) is 0 Å². The van der Waals surface area contributed by atoms with Crippen molar-refractivity contribution in [1.29, 1.82) is 0 Å². The quantitative estimate of drug-likeness (QED) is 0.499. The Balaban J connectivity index is 2.14. The van der Waals surface area contributed by atoms with Crippen molar-refractivity contribution in [3.8, 4) is 0 Å². The van der Waals surface area contributed by atoms with Crippen molar-refractivity contribution in [2.24, 2.45) is 7.05 Å². The fraction of sp³-hybridized carbons (Fsp3) is 0.250. The highest BCUT2D eigenvalue weighted by molar-refractivity contribution is 7.99. The van der Waals surface area contributed by atoms with Gasteiger partial charge in [0, 0.05) is 19.2 Å². The van der Waals surface area contributed by atoms with E-state index in [9.17, 15) is 28.1 Å². The third kappa shape index (κ3) is 4.22. The third-order valence-corrected chi connectivity index (χ3v) is 3.83. The van der Waals surface area contributed by atoms with Gasteiger partial charge in [0.2, 0.25) is 5.91 Å². The van der Waals surface area contributed by atoms with Crippen molar-refractivity contribution in [3.05, 3.63) is 40.2 Å². The first-order valence-electron chi connectivity index (χ1n) is 6.31. The molecule has 0 radical (unpaired) electrons. The van der Waals surface area contributed by atoms with E-state index in [0.717, 1.165) is 23.9 Å². The van der Waals surface area contributed by atoms with Crippen LogP contribution >= 0.6 is 11.8 Å². The number of nitrogens with one attached hydrogen (secondary N) is 1. The number of nitro benzene ring substituents is 1. The Morgan fingerprint density at radius 1 is 1.46 bits per heavy atom. The van der Waals surface area contributed by atoms with Crippen LogP contribution in [0.2, 0.25) is 0 Å². The number of carbonyl (C=O) groups is 1. The van der Waals surface area contributed by atoms with Gasteiger partial charge < -0.3 is 9.88 Å². The zero-order valence-corrected chi connectivity index (χ0v) is 12.9. The number of carbonyl (C=O) groups excluding carboxylic acids is 1. The lowest BCUT2D eigenvalue weighted by Crippen LogP contribution is -2.18. The molecule has 0 saturated heterocycles. The van der Waals surface area contributed by atoms with Crippen LogP contribution in [-0.2, 0) is 18.0 Å². The van der Waals surface area contributed by atoms with Gasteiger partial charge in [-0.15, -0.1) is 10.2 Å². The van der Waals surface area contributed by atoms with Gasteiger partial charge in [-0.1, -0.05) is 11.8 Å². The molecule has 24 heavy (non-hydrogen) atoms. The number of halogens is 3. The number of non-ortho nitro benzene ring substituents is 1. The van der Waals surface area contributed by atoms with Crippen LogP contribution in [0.1, 0.15) is 5.56 Å². The fourth-order valence-corrected chi connectivity index (χ4v) is 2.40. The van der Waals surface area contributed by atoms with E-state index in [1.54, 1.807) is 11.6 Å². The average molecular weight is 361 g/mol. The Morgan fingerprint density at radius 3 is 2.71 bits per heavy atom. The van der Waals surface area contributed by atoms with Crippen molar-refractivity contribution >= 4 is 29.0 Å². The second-order valence-electron chi connectivity index (χ2n) is 4.55. The number of benzene rings is 1. The number of nitro groups is 1. The highest BCUT2D eigenvalue weighted by Crippen LogP contribution is 2.37. The van der Waals surface area contributed by atoms with E-state index in [0.29, 0.717) is 11.2 Å². The normalized spacial score (nSPS) is 11.3. The Morgan fingerprint density at radius 2 is 2.17 bits per heavy atom. The highest BCUT2D eigenvalue weighted by Gasteiger charge is 2.35. The monoisotopic (exact) mass is 361 g/mol. The Bertz CT molecular complexity index is 778. The van der Waals surface area contributed by atoms with E-state index in [4.69, 9.17) is 0 Å². The largest absolute Gasteiger partial charge is 0.418 e. The van der Waals surface area contributed by atoms with Crippen molar-refractivity contribution < 1.29 is 22.9 Å². The summed E-state index contributed by atoms with van der Waals surface area (Å²) >= 11 is 0.990. The molecule has 0 aliphatic rings. The van der Waals surface area contributed by atoms with E-state index in [1.165, 1.54) is 6.33 Å². The molecule has 12 heteroatoms. The minimum Gasteiger partial charge on any atom is -0.325 e. The first kappa shape index (κ1) is 17.7. The van der Waals surface area contributed by atoms with Gasteiger partial charge in [0.15, 0.2) is 5.16 Å². The van der Waals surface area contributed by atoms with Gasteiger partial charge in [-0.3, -0.25) is 14.9 Å².